The Labute approximate surface area is 168 Å². The van der Waals surface area contributed by atoms with Gasteiger partial charge in [-0.1, -0.05) is 18.6 Å². The van der Waals surface area contributed by atoms with Gasteiger partial charge in [0.15, 0.2) is 17.5 Å². The molecule has 0 radical (unpaired) electrons. The van der Waals surface area contributed by atoms with Crippen LogP contribution in [0.2, 0.25) is 0 Å². The summed E-state index contributed by atoms with van der Waals surface area (Å²) in [6.07, 6.45) is 4.01. The number of piperidine rings is 1. The molecule has 142 valence electrons. The molecule has 6 nitrogen and oxygen atoms in total. The number of halogens is 1. The smallest absolute Gasteiger partial charge is 0.191 e. The van der Waals surface area contributed by atoms with Crippen molar-refractivity contribution in [3.63, 3.8) is 0 Å². The Bertz CT molecular complexity index is 534. The van der Waals surface area contributed by atoms with Gasteiger partial charge in [0, 0.05) is 32.2 Å². The first-order valence-corrected chi connectivity index (χ1v) is 8.65. The van der Waals surface area contributed by atoms with Gasteiger partial charge in [-0.2, -0.15) is 0 Å². The molecule has 0 unspecified atom stereocenters. The van der Waals surface area contributed by atoms with Gasteiger partial charge in [0.05, 0.1) is 14.2 Å². The number of nitrogens with one attached hydrogen (secondary N) is 2. The maximum Gasteiger partial charge on any atom is 0.191 e. The number of nitrogens with zero attached hydrogens (tertiary/aromatic N) is 2. The highest BCUT2D eigenvalue weighted by Crippen LogP contribution is 2.30. The van der Waals surface area contributed by atoms with Crippen LogP contribution in [0, 0.1) is 0 Å². The van der Waals surface area contributed by atoms with Crippen LogP contribution in [0.1, 0.15) is 24.8 Å². The number of hydrogen-bond donors (Lipinski definition) is 2. The van der Waals surface area contributed by atoms with E-state index in [-0.39, 0.29) is 24.0 Å². The van der Waals surface area contributed by atoms with Crippen LogP contribution >= 0.6 is 24.0 Å². The molecule has 0 aromatic heterocycles. The molecule has 0 atom stereocenters. The van der Waals surface area contributed by atoms with Crippen LogP contribution in [0.25, 0.3) is 0 Å². The first kappa shape index (κ1) is 21.8. The number of likely N-dealkylation sites (tertiary alicyclic amines) is 1. The minimum absolute atomic E-state index is 0. The van der Waals surface area contributed by atoms with E-state index in [9.17, 15) is 0 Å². The van der Waals surface area contributed by atoms with Crippen LogP contribution in [0.15, 0.2) is 23.2 Å². The molecule has 0 amide bonds. The summed E-state index contributed by atoms with van der Waals surface area (Å²) in [5.74, 6) is 2.30. The lowest BCUT2D eigenvalue weighted by atomic mass is 10.1. The van der Waals surface area contributed by atoms with Crippen LogP contribution in [-0.2, 0) is 6.54 Å². The van der Waals surface area contributed by atoms with E-state index in [1.54, 1.807) is 21.3 Å². The predicted molar refractivity (Wildman–Crippen MR) is 113 cm³/mol. The summed E-state index contributed by atoms with van der Waals surface area (Å²) in [6.45, 7) is 5.02. The van der Waals surface area contributed by atoms with E-state index in [1.807, 2.05) is 18.2 Å². The fraction of sp³-hybridized carbons (Fsp3) is 0.611. The number of guanidine groups is 1. The lowest BCUT2D eigenvalue weighted by Gasteiger charge is -2.26. The summed E-state index contributed by atoms with van der Waals surface area (Å²) in [4.78, 5) is 6.80. The van der Waals surface area contributed by atoms with Crippen molar-refractivity contribution in [3.8, 4) is 11.5 Å². The molecule has 7 heteroatoms. The third-order valence-electron chi connectivity index (χ3n) is 4.32. The van der Waals surface area contributed by atoms with Crippen LogP contribution in [0.5, 0.6) is 11.5 Å². The van der Waals surface area contributed by atoms with Crippen molar-refractivity contribution in [3.05, 3.63) is 23.8 Å². The quantitative estimate of drug-likeness (QED) is 0.371. The van der Waals surface area contributed by atoms with E-state index in [2.05, 4.69) is 20.5 Å². The zero-order valence-corrected chi connectivity index (χ0v) is 17.8. The molecule has 0 spiro atoms. The first-order chi connectivity index (χ1) is 11.8. The fourth-order valence-electron chi connectivity index (χ4n) is 3.01. The molecule has 1 saturated heterocycles. The van der Waals surface area contributed by atoms with E-state index in [0.29, 0.717) is 6.54 Å². The van der Waals surface area contributed by atoms with Crippen molar-refractivity contribution in [1.82, 2.24) is 15.5 Å². The molecule has 1 fully saturated rings. The third kappa shape index (κ3) is 6.89. The Morgan fingerprint density at radius 3 is 2.52 bits per heavy atom. The lowest BCUT2D eigenvalue weighted by molar-refractivity contribution is 0.232. The molecular formula is C18H31IN4O2. The Balaban J connectivity index is 0.00000312. The van der Waals surface area contributed by atoms with E-state index >= 15 is 0 Å². The summed E-state index contributed by atoms with van der Waals surface area (Å²) in [5.41, 5.74) is 1.04. The number of benzene rings is 1. The summed E-state index contributed by atoms with van der Waals surface area (Å²) in [7, 11) is 5.10. The van der Waals surface area contributed by atoms with Gasteiger partial charge in [-0.05, 0) is 32.0 Å². The van der Waals surface area contributed by atoms with Gasteiger partial charge >= 0.3 is 0 Å². The average Bonchev–Trinajstić information content (AvgIpc) is 2.64. The topological polar surface area (TPSA) is 58.1 Å². The van der Waals surface area contributed by atoms with Gasteiger partial charge in [-0.3, -0.25) is 4.99 Å². The zero-order chi connectivity index (χ0) is 17.2. The summed E-state index contributed by atoms with van der Waals surface area (Å²) >= 11 is 0. The number of rotatable bonds is 7. The fourth-order valence-corrected chi connectivity index (χ4v) is 3.01. The SMILES string of the molecule is CN=C(NCCN1CCCCC1)NCc1cccc(OC)c1OC.I. The van der Waals surface area contributed by atoms with Crippen LogP contribution in [0.4, 0.5) is 0 Å². The minimum atomic E-state index is 0. The molecule has 0 aliphatic carbocycles. The Morgan fingerprint density at radius 2 is 1.88 bits per heavy atom. The van der Waals surface area contributed by atoms with Crippen molar-refractivity contribution in [2.24, 2.45) is 4.99 Å². The van der Waals surface area contributed by atoms with E-state index in [1.165, 1.54) is 32.4 Å². The lowest BCUT2D eigenvalue weighted by Crippen LogP contribution is -2.42. The van der Waals surface area contributed by atoms with Gasteiger partial charge in [0.2, 0.25) is 0 Å². The first-order valence-electron chi connectivity index (χ1n) is 8.65. The molecule has 1 aliphatic rings. The second-order valence-electron chi connectivity index (χ2n) is 5.91. The van der Waals surface area contributed by atoms with Gasteiger partial charge in [0.1, 0.15) is 0 Å². The van der Waals surface area contributed by atoms with Crippen molar-refractivity contribution < 1.29 is 9.47 Å². The standard InChI is InChI=1S/C18H30N4O2.HI/c1-19-18(20-10-13-22-11-5-4-6-12-22)21-14-15-8-7-9-16(23-2)17(15)24-3;/h7-9H,4-6,10-14H2,1-3H3,(H2,19,20,21);1H. The van der Waals surface area contributed by atoms with Crippen LogP contribution in [-0.4, -0.2) is 58.3 Å². The van der Waals surface area contributed by atoms with Gasteiger partial charge < -0.3 is 25.0 Å². The van der Waals surface area contributed by atoms with Crippen molar-refractivity contribution in [2.75, 3.05) is 47.4 Å². The molecule has 2 N–H and O–H groups in total. The maximum atomic E-state index is 5.46. The third-order valence-corrected chi connectivity index (χ3v) is 4.32. The normalized spacial score (nSPS) is 15.2. The highest BCUT2D eigenvalue weighted by Gasteiger charge is 2.11. The highest BCUT2D eigenvalue weighted by molar-refractivity contribution is 14.0. The molecule has 0 bridgehead atoms. The van der Waals surface area contributed by atoms with Gasteiger partial charge in [-0.15, -0.1) is 24.0 Å². The van der Waals surface area contributed by atoms with Gasteiger partial charge in [0.25, 0.3) is 0 Å². The number of ether oxygens (including phenoxy) is 2. The number of para-hydroxylation sites is 1. The minimum Gasteiger partial charge on any atom is -0.493 e. The Morgan fingerprint density at radius 1 is 1.12 bits per heavy atom. The van der Waals surface area contributed by atoms with E-state index in [0.717, 1.165) is 36.1 Å². The van der Waals surface area contributed by atoms with E-state index < -0.39 is 0 Å². The second-order valence-corrected chi connectivity index (χ2v) is 5.91. The molecular weight excluding hydrogens is 431 g/mol. The summed E-state index contributed by atoms with van der Waals surface area (Å²) in [5, 5.41) is 6.71. The summed E-state index contributed by atoms with van der Waals surface area (Å²) in [6, 6.07) is 5.88. The molecule has 0 saturated carbocycles. The number of hydrogen-bond acceptors (Lipinski definition) is 4. The predicted octanol–water partition coefficient (Wildman–Crippen LogP) is 2.47. The van der Waals surface area contributed by atoms with Crippen LogP contribution in [0.3, 0.4) is 0 Å². The van der Waals surface area contributed by atoms with Crippen molar-refractivity contribution in [2.45, 2.75) is 25.8 Å². The van der Waals surface area contributed by atoms with Crippen molar-refractivity contribution >= 4 is 29.9 Å². The molecule has 1 aliphatic heterocycles. The molecule has 2 rings (SSSR count). The Kier molecular flexibility index (Phi) is 10.6. The zero-order valence-electron chi connectivity index (χ0n) is 15.5. The van der Waals surface area contributed by atoms with Crippen LogP contribution < -0.4 is 20.1 Å². The number of methoxy groups -OCH3 is 2. The maximum absolute atomic E-state index is 5.46. The van der Waals surface area contributed by atoms with E-state index in [4.69, 9.17) is 9.47 Å². The molecule has 25 heavy (non-hydrogen) atoms. The monoisotopic (exact) mass is 462 g/mol. The molecule has 1 aromatic rings. The highest BCUT2D eigenvalue weighted by atomic mass is 127. The second kappa shape index (κ2) is 12.2. The van der Waals surface area contributed by atoms with Crippen molar-refractivity contribution in [1.29, 1.82) is 0 Å². The number of aliphatic imine (C=N–C) groups is 1. The molecule has 1 heterocycles. The summed E-state index contributed by atoms with van der Waals surface area (Å²) < 4.78 is 10.8. The Hall–Kier alpha value is -1.22. The average molecular weight is 462 g/mol. The molecule has 1 aromatic carbocycles. The largest absolute Gasteiger partial charge is 0.493 e. The van der Waals surface area contributed by atoms with Gasteiger partial charge in [-0.25, -0.2) is 0 Å².